The molecule has 4 heteroatoms. The summed E-state index contributed by atoms with van der Waals surface area (Å²) < 4.78 is 5.56. The fraction of sp³-hybridized carbons (Fsp3) is 0.632. The molecule has 1 amide bonds. The molecule has 2 rings (SSSR count). The lowest BCUT2D eigenvalue weighted by Gasteiger charge is -2.35. The molecule has 1 fully saturated rings. The Bertz CT molecular complexity index is 479. The molecule has 23 heavy (non-hydrogen) atoms. The first kappa shape index (κ1) is 17.8. The van der Waals surface area contributed by atoms with Crippen molar-refractivity contribution in [1.82, 2.24) is 5.32 Å². The zero-order chi connectivity index (χ0) is 16.5. The minimum atomic E-state index is 0.0280. The number of rotatable bonds is 8. The first-order valence-electron chi connectivity index (χ1n) is 8.86. The van der Waals surface area contributed by atoms with Gasteiger partial charge in [-0.3, -0.25) is 4.79 Å². The van der Waals surface area contributed by atoms with Crippen molar-refractivity contribution in [3.8, 4) is 5.75 Å². The number of carbonyl (C=O) groups is 1. The Hall–Kier alpha value is -1.55. The molecule has 0 heterocycles. The molecule has 1 aliphatic rings. The molecule has 0 aliphatic heterocycles. The third-order valence-electron chi connectivity index (χ3n) is 4.77. The predicted octanol–water partition coefficient (Wildman–Crippen LogP) is 3.39. The van der Waals surface area contributed by atoms with Gasteiger partial charge in [0.1, 0.15) is 5.75 Å². The molecule has 0 aromatic heterocycles. The van der Waals surface area contributed by atoms with E-state index in [0.717, 1.165) is 37.2 Å². The van der Waals surface area contributed by atoms with Crippen LogP contribution in [0.4, 0.5) is 0 Å². The summed E-state index contributed by atoms with van der Waals surface area (Å²) in [7, 11) is 0. The second kappa shape index (κ2) is 8.92. The van der Waals surface area contributed by atoms with E-state index in [1.807, 2.05) is 24.3 Å². The summed E-state index contributed by atoms with van der Waals surface area (Å²) in [5.41, 5.74) is 7.07. The molecule has 0 unspecified atom stereocenters. The molecular formula is C19H30N2O2. The van der Waals surface area contributed by atoms with Gasteiger partial charge in [0, 0.05) is 13.0 Å². The van der Waals surface area contributed by atoms with Gasteiger partial charge in [-0.15, -0.1) is 0 Å². The van der Waals surface area contributed by atoms with Crippen LogP contribution in [0.1, 0.15) is 57.4 Å². The Kier molecular flexibility index (Phi) is 6.90. The normalized spacial score (nSPS) is 16.8. The Morgan fingerprint density at radius 1 is 1.22 bits per heavy atom. The molecule has 0 atom stereocenters. The molecule has 0 saturated heterocycles. The van der Waals surface area contributed by atoms with Gasteiger partial charge in [0.15, 0.2) is 0 Å². The van der Waals surface area contributed by atoms with Crippen molar-refractivity contribution in [2.75, 3.05) is 13.2 Å². The highest BCUT2D eigenvalue weighted by molar-refractivity contribution is 5.76. The third kappa shape index (κ3) is 5.54. The molecule has 128 valence electrons. The number of ether oxygens (including phenoxy) is 1. The van der Waals surface area contributed by atoms with Gasteiger partial charge in [-0.1, -0.05) is 38.3 Å². The van der Waals surface area contributed by atoms with E-state index in [0.29, 0.717) is 19.5 Å². The number of hydrogen-bond acceptors (Lipinski definition) is 3. The van der Waals surface area contributed by atoms with Crippen LogP contribution in [-0.4, -0.2) is 19.1 Å². The molecule has 4 nitrogen and oxygen atoms in total. The van der Waals surface area contributed by atoms with Crippen molar-refractivity contribution in [2.24, 2.45) is 11.1 Å². The van der Waals surface area contributed by atoms with Crippen molar-refractivity contribution >= 4 is 5.91 Å². The van der Waals surface area contributed by atoms with Gasteiger partial charge in [0.25, 0.3) is 0 Å². The van der Waals surface area contributed by atoms with Crippen LogP contribution in [-0.2, 0) is 11.3 Å². The van der Waals surface area contributed by atoms with Crippen molar-refractivity contribution in [1.29, 1.82) is 0 Å². The zero-order valence-corrected chi connectivity index (χ0v) is 14.3. The van der Waals surface area contributed by atoms with E-state index in [-0.39, 0.29) is 11.3 Å². The molecule has 1 aromatic carbocycles. The first-order valence-corrected chi connectivity index (χ1v) is 8.86. The number of hydrogen-bond donors (Lipinski definition) is 2. The fourth-order valence-corrected chi connectivity index (χ4v) is 3.28. The topological polar surface area (TPSA) is 64.3 Å². The van der Waals surface area contributed by atoms with Crippen LogP contribution in [0, 0.1) is 5.41 Å². The van der Waals surface area contributed by atoms with Gasteiger partial charge in [-0.05, 0) is 48.9 Å². The monoisotopic (exact) mass is 318 g/mol. The van der Waals surface area contributed by atoms with Gasteiger partial charge < -0.3 is 15.8 Å². The minimum Gasteiger partial charge on any atom is -0.494 e. The molecule has 1 saturated carbocycles. The Balaban J connectivity index is 1.79. The summed E-state index contributed by atoms with van der Waals surface area (Å²) in [4.78, 5) is 12.3. The van der Waals surface area contributed by atoms with E-state index < -0.39 is 0 Å². The maximum Gasteiger partial charge on any atom is 0.220 e. The Morgan fingerprint density at radius 3 is 2.52 bits per heavy atom. The van der Waals surface area contributed by atoms with E-state index in [1.165, 1.54) is 19.3 Å². The molecule has 0 radical (unpaired) electrons. The predicted molar refractivity (Wildman–Crippen MR) is 93.3 cm³/mol. The van der Waals surface area contributed by atoms with Crippen LogP contribution in [0.2, 0.25) is 0 Å². The zero-order valence-electron chi connectivity index (χ0n) is 14.3. The summed E-state index contributed by atoms with van der Waals surface area (Å²) in [6, 6.07) is 7.93. The number of carbonyl (C=O) groups excluding carboxylic acids is 1. The SMILES string of the molecule is CCCOc1ccc(CNC(=O)CC2(CN)CCCCC2)cc1. The molecule has 1 aromatic rings. The van der Waals surface area contributed by atoms with Crippen molar-refractivity contribution in [3.63, 3.8) is 0 Å². The Labute approximate surface area is 139 Å². The van der Waals surface area contributed by atoms with E-state index in [9.17, 15) is 4.79 Å². The lowest BCUT2D eigenvalue weighted by atomic mass is 9.71. The van der Waals surface area contributed by atoms with Crippen LogP contribution in [0.3, 0.4) is 0 Å². The smallest absolute Gasteiger partial charge is 0.220 e. The van der Waals surface area contributed by atoms with Gasteiger partial charge in [0.05, 0.1) is 6.61 Å². The lowest BCUT2D eigenvalue weighted by Crippen LogP contribution is -2.38. The van der Waals surface area contributed by atoms with Crippen LogP contribution in [0.5, 0.6) is 5.75 Å². The van der Waals surface area contributed by atoms with E-state index in [2.05, 4.69) is 12.2 Å². The number of nitrogens with two attached hydrogens (primary N) is 1. The lowest BCUT2D eigenvalue weighted by molar-refractivity contribution is -0.124. The summed E-state index contributed by atoms with van der Waals surface area (Å²) in [5, 5.41) is 3.03. The average Bonchev–Trinajstić information content (AvgIpc) is 2.60. The summed E-state index contributed by atoms with van der Waals surface area (Å²) in [6.07, 6.45) is 7.39. The summed E-state index contributed by atoms with van der Waals surface area (Å²) >= 11 is 0. The average molecular weight is 318 g/mol. The first-order chi connectivity index (χ1) is 11.2. The summed E-state index contributed by atoms with van der Waals surface area (Å²) in [6.45, 7) is 4.00. The Morgan fingerprint density at radius 2 is 1.91 bits per heavy atom. The second-order valence-corrected chi connectivity index (χ2v) is 6.71. The second-order valence-electron chi connectivity index (χ2n) is 6.71. The van der Waals surface area contributed by atoms with Crippen LogP contribution >= 0.6 is 0 Å². The maximum atomic E-state index is 12.3. The number of amides is 1. The standard InChI is InChI=1S/C19H30N2O2/c1-2-12-23-17-8-6-16(7-9-17)14-21-18(22)13-19(15-20)10-4-3-5-11-19/h6-9H,2-5,10-15,20H2,1H3,(H,21,22). The van der Waals surface area contributed by atoms with Crippen molar-refractivity contribution < 1.29 is 9.53 Å². The molecule has 3 N–H and O–H groups in total. The van der Waals surface area contributed by atoms with E-state index in [4.69, 9.17) is 10.5 Å². The third-order valence-corrected chi connectivity index (χ3v) is 4.77. The maximum absolute atomic E-state index is 12.3. The van der Waals surface area contributed by atoms with Crippen LogP contribution in [0.15, 0.2) is 24.3 Å². The highest BCUT2D eigenvalue weighted by Gasteiger charge is 2.32. The molecular weight excluding hydrogens is 288 g/mol. The van der Waals surface area contributed by atoms with Crippen molar-refractivity contribution in [3.05, 3.63) is 29.8 Å². The van der Waals surface area contributed by atoms with E-state index in [1.54, 1.807) is 0 Å². The molecule has 0 bridgehead atoms. The summed E-state index contributed by atoms with van der Waals surface area (Å²) in [5.74, 6) is 0.995. The van der Waals surface area contributed by atoms with Gasteiger partial charge in [-0.2, -0.15) is 0 Å². The van der Waals surface area contributed by atoms with Gasteiger partial charge >= 0.3 is 0 Å². The molecule has 0 spiro atoms. The van der Waals surface area contributed by atoms with Gasteiger partial charge in [-0.25, -0.2) is 0 Å². The van der Waals surface area contributed by atoms with Crippen molar-refractivity contribution in [2.45, 2.75) is 58.4 Å². The fourth-order valence-electron chi connectivity index (χ4n) is 3.28. The minimum absolute atomic E-state index is 0.0280. The molecule has 1 aliphatic carbocycles. The number of benzene rings is 1. The highest BCUT2D eigenvalue weighted by atomic mass is 16.5. The van der Waals surface area contributed by atoms with Crippen LogP contribution < -0.4 is 15.8 Å². The largest absolute Gasteiger partial charge is 0.494 e. The quantitative estimate of drug-likeness (QED) is 0.772. The number of nitrogens with one attached hydrogen (secondary N) is 1. The van der Waals surface area contributed by atoms with E-state index >= 15 is 0 Å². The van der Waals surface area contributed by atoms with Crippen LogP contribution in [0.25, 0.3) is 0 Å². The highest BCUT2D eigenvalue weighted by Crippen LogP contribution is 2.38. The van der Waals surface area contributed by atoms with Gasteiger partial charge in [0.2, 0.25) is 5.91 Å².